The Labute approximate surface area is 144 Å². The Kier molecular flexibility index (Phi) is 5.43. The van der Waals surface area contributed by atoms with E-state index in [2.05, 4.69) is 96.4 Å². The summed E-state index contributed by atoms with van der Waals surface area (Å²) in [6, 6.07) is 23.2. The molecule has 0 unspecified atom stereocenters. The molecular formula is C23H22N+. The summed E-state index contributed by atoms with van der Waals surface area (Å²) in [5.41, 5.74) is 4.85. The van der Waals surface area contributed by atoms with E-state index in [1.54, 1.807) is 0 Å². The Morgan fingerprint density at radius 3 is 2.17 bits per heavy atom. The fourth-order valence-electron chi connectivity index (χ4n) is 2.57. The quantitative estimate of drug-likeness (QED) is 0.371. The zero-order chi connectivity index (χ0) is 16.6. The van der Waals surface area contributed by atoms with Gasteiger partial charge in [-0.15, -0.1) is 0 Å². The molecule has 3 rings (SSSR count). The molecule has 0 aliphatic carbocycles. The topological polar surface area (TPSA) is 3.88 Å². The number of hydrogen-bond acceptors (Lipinski definition) is 0. The molecule has 1 heterocycles. The summed E-state index contributed by atoms with van der Waals surface area (Å²) in [5, 5.41) is 0. The zero-order valence-electron chi connectivity index (χ0n) is 14.1. The van der Waals surface area contributed by atoms with E-state index in [4.69, 9.17) is 0 Å². The highest BCUT2D eigenvalue weighted by Crippen LogP contribution is 2.18. The molecule has 0 amide bonds. The molecule has 24 heavy (non-hydrogen) atoms. The first-order valence-corrected chi connectivity index (χ1v) is 8.41. The number of benzene rings is 2. The second kappa shape index (κ2) is 8.13. The molecule has 0 spiro atoms. The van der Waals surface area contributed by atoms with Crippen molar-refractivity contribution in [3.05, 3.63) is 90.3 Å². The van der Waals surface area contributed by atoms with Gasteiger partial charge in [0.1, 0.15) is 6.54 Å². The first-order valence-electron chi connectivity index (χ1n) is 8.41. The Balaban J connectivity index is 1.51. The van der Waals surface area contributed by atoms with Crippen molar-refractivity contribution in [2.24, 2.45) is 0 Å². The van der Waals surface area contributed by atoms with Crippen molar-refractivity contribution in [1.82, 2.24) is 0 Å². The van der Waals surface area contributed by atoms with Gasteiger partial charge < -0.3 is 0 Å². The number of rotatable bonds is 4. The summed E-state index contributed by atoms with van der Waals surface area (Å²) in [7, 11) is 0. The van der Waals surface area contributed by atoms with Gasteiger partial charge in [0.2, 0.25) is 0 Å². The summed E-state index contributed by atoms with van der Waals surface area (Å²) in [6.45, 7) is 3.13. The maximum Gasteiger partial charge on any atom is 0.169 e. The molecule has 0 aliphatic heterocycles. The fraction of sp³-hybridized carbons (Fsp3) is 0.174. The summed E-state index contributed by atoms with van der Waals surface area (Å²) in [6.07, 6.45) is 6.25. The van der Waals surface area contributed by atoms with E-state index >= 15 is 0 Å². The monoisotopic (exact) mass is 312 g/mol. The van der Waals surface area contributed by atoms with Crippen molar-refractivity contribution >= 4 is 0 Å². The van der Waals surface area contributed by atoms with E-state index in [1.165, 1.54) is 16.7 Å². The van der Waals surface area contributed by atoms with Gasteiger partial charge in [0.05, 0.1) is 0 Å². The molecule has 1 nitrogen and oxygen atoms in total. The first kappa shape index (κ1) is 16.0. The van der Waals surface area contributed by atoms with Crippen molar-refractivity contribution in [1.29, 1.82) is 0 Å². The van der Waals surface area contributed by atoms with Gasteiger partial charge in [-0.3, -0.25) is 0 Å². The highest BCUT2D eigenvalue weighted by Gasteiger charge is 1.98. The van der Waals surface area contributed by atoms with Crippen molar-refractivity contribution in [3.63, 3.8) is 0 Å². The number of pyridine rings is 1. The third kappa shape index (κ3) is 4.57. The van der Waals surface area contributed by atoms with Crippen LogP contribution in [-0.4, -0.2) is 0 Å². The average Bonchev–Trinajstić information content (AvgIpc) is 2.64. The van der Waals surface area contributed by atoms with Crippen LogP contribution in [0.3, 0.4) is 0 Å². The molecule has 2 aromatic carbocycles. The Morgan fingerprint density at radius 1 is 0.792 bits per heavy atom. The third-order valence-corrected chi connectivity index (χ3v) is 4.00. The summed E-state index contributed by atoms with van der Waals surface area (Å²) < 4.78 is 2.21. The van der Waals surface area contributed by atoms with Gasteiger partial charge in [0.25, 0.3) is 0 Å². The smallest absolute Gasteiger partial charge is 0.169 e. The predicted molar refractivity (Wildman–Crippen MR) is 99.4 cm³/mol. The number of hydrogen-bond donors (Lipinski definition) is 0. The van der Waals surface area contributed by atoms with Crippen LogP contribution >= 0.6 is 0 Å². The first-order chi connectivity index (χ1) is 11.8. The van der Waals surface area contributed by atoms with Crippen LogP contribution in [0.25, 0.3) is 11.1 Å². The lowest BCUT2D eigenvalue weighted by molar-refractivity contribution is -0.697. The van der Waals surface area contributed by atoms with Crippen LogP contribution in [0.1, 0.15) is 24.0 Å². The summed E-state index contributed by atoms with van der Waals surface area (Å²) in [5.74, 6) is 6.54. The third-order valence-electron chi connectivity index (χ3n) is 4.00. The molecular weight excluding hydrogens is 290 g/mol. The molecule has 1 aromatic heterocycles. The maximum absolute atomic E-state index is 3.28. The van der Waals surface area contributed by atoms with Gasteiger partial charge in [0, 0.05) is 30.5 Å². The molecule has 0 bridgehead atoms. The Bertz CT molecular complexity index is 819. The Hall–Kier alpha value is -2.85. The van der Waals surface area contributed by atoms with E-state index in [0.717, 1.165) is 24.9 Å². The molecule has 0 fully saturated rings. The minimum atomic E-state index is 0.918. The number of aromatic nitrogens is 1. The molecule has 0 atom stereocenters. The lowest BCUT2D eigenvalue weighted by Crippen LogP contribution is -2.32. The van der Waals surface area contributed by atoms with Gasteiger partial charge in [-0.2, -0.15) is 0 Å². The minimum Gasteiger partial charge on any atom is -0.205 e. The van der Waals surface area contributed by atoms with E-state index in [1.807, 2.05) is 6.07 Å². The van der Waals surface area contributed by atoms with Crippen LogP contribution in [0.2, 0.25) is 0 Å². The molecule has 3 aromatic rings. The molecule has 0 aliphatic rings. The largest absolute Gasteiger partial charge is 0.205 e. The van der Waals surface area contributed by atoms with E-state index in [-0.39, 0.29) is 0 Å². The van der Waals surface area contributed by atoms with Crippen molar-refractivity contribution in [2.45, 2.75) is 26.3 Å². The van der Waals surface area contributed by atoms with E-state index in [9.17, 15) is 0 Å². The molecule has 0 saturated heterocycles. The SMILES string of the molecule is Cc1cc[n+](CCCC#Cc2ccc(-c3ccccc3)cc2)cc1. The summed E-state index contributed by atoms with van der Waals surface area (Å²) >= 11 is 0. The van der Waals surface area contributed by atoms with Crippen LogP contribution in [-0.2, 0) is 6.54 Å². The van der Waals surface area contributed by atoms with Crippen molar-refractivity contribution in [2.75, 3.05) is 0 Å². The van der Waals surface area contributed by atoms with Gasteiger partial charge in [-0.05, 0) is 35.7 Å². The van der Waals surface area contributed by atoms with Gasteiger partial charge >= 0.3 is 0 Å². The lowest BCUT2D eigenvalue weighted by Gasteiger charge is -2.00. The molecule has 0 radical (unpaired) electrons. The maximum atomic E-state index is 3.28. The molecule has 118 valence electrons. The van der Waals surface area contributed by atoms with Crippen molar-refractivity contribution < 1.29 is 4.57 Å². The van der Waals surface area contributed by atoms with Crippen LogP contribution < -0.4 is 4.57 Å². The average molecular weight is 312 g/mol. The normalized spacial score (nSPS) is 10.0. The highest BCUT2D eigenvalue weighted by molar-refractivity contribution is 5.64. The van der Waals surface area contributed by atoms with Crippen LogP contribution in [0.4, 0.5) is 0 Å². The van der Waals surface area contributed by atoms with Gasteiger partial charge in [-0.25, -0.2) is 4.57 Å². The fourth-order valence-corrected chi connectivity index (χ4v) is 2.57. The minimum absolute atomic E-state index is 0.918. The van der Waals surface area contributed by atoms with Crippen LogP contribution in [0, 0.1) is 18.8 Å². The standard InChI is InChI=1S/C23H22N/c1-20-15-18-24(19-16-20)17-7-3-4-8-21-11-13-23(14-12-21)22-9-5-2-6-10-22/h2,5-6,9-16,18-19H,3,7,17H2,1H3/q+1. The highest BCUT2D eigenvalue weighted by atomic mass is 14.9. The van der Waals surface area contributed by atoms with Crippen LogP contribution in [0.5, 0.6) is 0 Å². The summed E-state index contributed by atoms with van der Waals surface area (Å²) in [4.78, 5) is 0. The van der Waals surface area contributed by atoms with Gasteiger partial charge in [0.15, 0.2) is 12.4 Å². The lowest BCUT2D eigenvalue weighted by atomic mass is 10.0. The molecule has 0 saturated carbocycles. The molecule has 0 N–H and O–H groups in total. The number of unbranched alkanes of at least 4 members (excludes halogenated alkanes) is 1. The van der Waals surface area contributed by atoms with Crippen molar-refractivity contribution in [3.8, 4) is 23.0 Å². The van der Waals surface area contributed by atoms with E-state index < -0.39 is 0 Å². The second-order valence-corrected chi connectivity index (χ2v) is 5.96. The number of aryl methyl sites for hydroxylation is 2. The number of nitrogens with zero attached hydrogens (tertiary/aromatic N) is 1. The van der Waals surface area contributed by atoms with E-state index in [0.29, 0.717) is 0 Å². The van der Waals surface area contributed by atoms with Crippen LogP contribution in [0.15, 0.2) is 79.1 Å². The Morgan fingerprint density at radius 2 is 1.46 bits per heavy atom. The zero-order valence-corrected chi connectivity index (χ0v) is 14.1. The molecule has 1 heteroatoms. The second-order valence-electron chi connectivity index (χ2n) is 5.96. The predicted octanol–water partition coefficient (Wildman–Crippen LogP) is 4.78. The van der Waals surface area contributed by atoms with Gasteiger partial charge in [-0.1, -0.05) is 54.3 Å².